The van der Waals surface area contributed by atoms with Gasteiger partial charge in [-0.15, -0.1) is 0 Å². The van der Waals surface area contributed by atoms with E-state index in [-0.39, 0.29) is 6.71 Å². The summed E-state index contributed by atoms with van der Waals surface area (Å²) < 4.78 is 2.46. The van der Waals surface area contributed by atoms with E-state index in [1.54, 1.807) is 0 Å². The zero-order chi connectivity index (χ0) is 50.1. The molecule has 354 valence electrons. The van der Waals surface area contributed by atoms with Crippen molar-refractivity contribution in [1.29, 1.82) is 0 Å². The lowest BCUT2D eigenvalue weighted by Gasteiger charge is -2.44. The molecule has 0 fully saturated rings. The van der Waals surface area contributed by atoms with Crippen molar-refractivity contribution in [1.82, 2.24) is 4.57 Å². The number of aromatic nitrogens is 1. The van der Waals surface area contributed by atoms with Crippen LogP contribution in [-0.2, 0) is 0 Å². The molecule has 0 N–H and O–H groups in total. The van der Waals surface area contributed by atoms with Gasteiger partial charge < -0.3 is 14.4 Å². The molecule has 1 aromatic heterocycles. The van der Waals surface area contributed by atoms with E-state index in [1.165, 1.54) is 94.0 Å². The molecule has 3 heterocycles. The Morgan fingerprint density at radius 2 is 0.658 bits per heavy atom. The van der Waals surface area contributed by atoms with E-state index in [0.29, 0.717) is 0 Å². The van der Waals surface area contributed by atoms with Crippen molar-refractivity contribution in [3.05, 3.63) is 291 Å². The molecule has 0 spiro atoms. The first-order valence-corrected chi connectivity index (χ1v) is 26.3. The number of rotatable bonds is 8. The molecule has 12 aromatic carbocycles. The summed E-state index contributed by atoms with van der Waals surface area (Å²) in [6, 6.07) is 107. The van der Waals surface area contributed by atoms with Crippen molar-refractivity contribution in [2.45, 2.75) is 0 Å². The van der Waals surface area contributed by atoms with Crippen LogP contribution in [0.15, 0.2) is 291 Å². The third-order valence-corrected chi connectivity index (χ3v) is 15.8. The second kappa shape index (κ2) is 17.9. The van der Waals surface area contributed by atoms with Crippen LogP contribution in [0.3, 0.4) is 0 Å². The van der Waals surface area contributed by atoms with Crippen LogP contribution in [0, 0.1) is 0 Å². The molecule has 0 aliphatic carbocycles. The molecule has 0 saturated heterocycles. The van der Waals surface area contributed by atoms with Gasteiger partial charge in [-0.3, -0.25) is 0 Å². The molecule has 2 aliphatic heterocycles. The van der Waals surface area contributed by atoms with Gasteiger partial charge in [-0.25, -0.2) is 0 Å². The Morgan fingerprint density at radius 3 is 1.17 bits per heavy atom. The van der Waals surface area contributed by atoms with Crippen molar-refractivity contribution in [3.8, 4) is 61.3 Å². The summed E-state index contributed by atoms with van der Waals surface area (Å²) in [6.45, 7) is -0.101. The fraction of sp³-hybridized carbons (Fsp3) is 0. The van der Waals surface area contributed by atoms with Crippen LogP contribution in [0.2, 0.25) is 0 Å². The lowest BCUT2D eigenvalue weighted by molar-refractivity contribution is 1.18. The zero-order valence-electron chi connectivity index (χ0n) is 41.6. The van der Waals surface area contributed by atoms with Crippen molar-refractivity contribution in [3.63, 3.8) is 0 Å². The summed E-state index contributed by atoms with van der Waals surface area (Å²) in [5, 5.41) is 2.50. The van der Waals surface area contributed by atoms with E-state index in [9.17, 15) is 0 Å². The van der Waals surface area contributed by atoms with Gasteiger partial charge in [0.25, 0.3) is 6.71 Å². The summed E-state index contributed by atoms with van der Waals surface area (Å²) in [7, 11) is 0. The summed E-state index contributed by atoms with van der Waals surface area (Å²) in [4.78, 5) is 5.09. The summed E-state index contributed by atoms with van der Waals surface area (Å²) in [5.41, 5.74) is 26.0. The van der Waals surface area contributed by atoms with Gasteiger partial charge in [0.05, 0.1) is 11.0 Å². The Bertz CT molecular complexity index is 4190. The highest BCUT2D eigenvalue weighted by molar-refractivity contribution is 7.00. The molecule has 0 amide bonds. The van der Waals surface area contributed by atoms with Gasteiger partial charge in [-0.2, -0.15) is 0 Å². The van der Waals surface area contributed by atoms with E-state index in [1.807, 2.05) is 0 Å². The summed E-state index contributed by atoms with van der Waals surface area (Å²) in [5.74, 6) is 0. The molecule has 4 heteroatoms. The minimum atomic E-state index is -0.101. The molecular formula is C72H48BN3. The Morgan fingerprint density at radius 1 is 0.250 bits per heavy atom. The fourth-order valence-corrected chi connectivity index (χ4v) is 12.4. The maximum atomic E-state index is 2.55. The Hall–Kier alpha value is -9.90. The van der Waals surface area contributed by atoms with Gasteiger partial charge in [0.1, 0.15) is 0 Å². The second-order valence-electron chi connectivity index (χ2n) is 20.0. The average molecular weight is 966 g/mol. The zero-order valence-corrected chi connectivity index (χ0v) is 41.6. The van der Waals surface area contributed by atoms with Gasteiger partial charge >= 0.3 is 0 Å². The van der Waals surface area contributed by atoms with Gasteiger partial charge in [0.15, 0.2) is 0 Å². The number of para-hydroxylation sites is 3. The molecule has 2 aliphatic rings. The maximum Gasteiger partial charge on any atom is 0.252 e. The predicted octanol–water partition coefficient (Wildman–Crippen LogP) is 17.2. The molecule has 3 nitrogen and oxygen atoms in total. The smallest absolute Gasteiger partial charge is 0.252 e. The first-order valence-electron chi connectivity index (χ1n) is 26.3. The Balaban J connectivity index is 1.05. The van der Waals surface area contributed by atoms with Crippen LogP contribution < -0.4 is 26.2 Å². The first kappa shape index (κ1) is 43.7. The maximum absolute atomic E-state index is 2.55. The van der Waals surface area contributed by atoms with Gasteiger partial charge in [-0.1, -0.05) is 218 Å². The van der Waals surface area contributed by atoms with E-state index >= 15 is 0 Å². The van der Waals surface area contributed by atoms with Gasteiger partial charge in [-0.05, 0) is 145 Å². The molecule has 13 aromatic rings. The monoisotopic (exact) mass is 965 g/mol. The molecular weight excluding hydrogens is 918 g/mol. The number of nitrogens with zero attached hydrogens (tertiary/aromatic N) is 3. The minimum Gasteiger partial charge on any atom is -0.311 e. The highest BCUT2D eigenvalue weighted by Gasteiger charge is 2.44. The molecule has 0 atom stereocenters. The van der Waals surface area contributed by atoms with Crippen LogP contribution in [-0.4, -0.2) is 11.3 Å². The van der Waals surface area contributed by atoms with E-state index in [0.717, 1.165) is 39.7 Å². The van der Waals surface area contributed by atoms with Gasteiger partial charge in [0, 0.05) is 50.6 Å². The Labute approximate surface area is 443 Å². The van der Waals surface area contributed by atoms with Crippen molar-refractivity contribution in [2.75, 3.05) is 9.80 Å². The highest BCUT2D eigenvalue weighted by Crippen LogP contribution is 2.49. The van der Waals surface area contributed by atoms with Crippen molar-refractivity contribution in [2.24, 2.45) is 0 Å². The molecule has 76 heavy (non-hydrogen) atoms. The minimum absolute atomic E-state index is 0.101. The molecule has 0 radical (unpaired) electrons. The number of anilines is 6. The normalized spacial score (nSPS) is 12.4. The average Bonchev–Trinajstić information content (AvgIpc) is 3.94. The van der Waals surface area contributed by atoms with E-state index in [2.05, 4.69) is 306 Å². The molecule has 0 bridgehead atoms. The van der Waals surface area contributed by atoms with Crippen LogP contribution in [0.5, 0.6) is 0 Å². The second-order valence-corrected chi connectivity index (χ2v) is 20.0. The molecule has 0 unspecified atom stereocenters. The number of benzene rings is 12. The Kier molecular flexibility index (Phi) is 10.3. The summed E-state index contributed by atoms with van der Waals surface area (Å²) in [6.07, 6.45) is 0. The fourth-order valence-electron chi connectivity index (χ4n) is 12.4. The van der Waals surface area contributed by atoms with Crippen LogP contribution >= 0.6 is 0 Å². The van der Waals surface area contributed by atoms with Crippen LogP contribution in [0.4, 0.5) is 34.1 Å². The largest absolute Gasteiger partial charge is 0.311 e. The molecule has 15 rings (SSSR count). The van der Waals surface area contributed by atoms with Crippen LogP contribution in [0.25, 0.3) is 83.1 Å². The topological polar surface area (TPSA) is 11.4 Å². The lowest BCUT2D eigenvalue weighted by Crippen LogP contribution is -2.61. The quantitative estimate of drug-likeness (QED) is 0.141. The lowest BCUT2D eigenvalue weighted by atomic mass is 9.33. The van der Waals surface area contributed by atoms with Crippen molar-refractivity contribution < 1.29 is 0 Å². The first-order chi connectivity index (χ1) is 37.7. The molecule has 0 saturated carbocycles. The number of fused-ring (bicyclic) bond motifs is 7. The van der Waals surface area contributed by atoms with E-state index < -0.39 is 0 Å². The standard InChI is InChI=1S/C72H48BN3/c1-5-20-49(21-6-1)51-36-40-56(41-37-51)74-67-35-18-15-32-63(67)73-64-48-58(76-65-33-16-13-28-61(65)62-29-14-17-34-66(62)76)44-45-68(64)75(57-42-38-52(39-43-57)50-22-7-2-8-23-50)70-47-55(46-69(74)72(70)73)71-59(53-24-9-3-10-25-53)30-19-31-60(71)54-26-11-4-12-27-54/h1-48H. The van der Waals surface area contributed by atoms with Gasteiger partial charge in [0.2, 0.25) is 0 Å². The van der Waals surface area contributed by atoms with Crippen LogP contribution in [0.1, 0.15) is 0 Å². The van der Waals surface area contributed by atoms with Crippen molar-refractivity contribution >= 4 is 79.0 Å². The third kappa shape index (κ3) is 7.06. The third-order valence-electron chi connectivity index (χ3n) is 15.8. The SMILES string of the molecule is c1ccc(-c2ccc(N3c4ccccc4B4c5cc(-n6c7ccccc7c7ccccc76)ccc5N(c5ccc(-c6ccccc6)cc5)c5cc(-c6c(-c7ccccc7)cccc6-c6ccccc6)cc3c54)cc2)cc1. The predicted molar refractivity (Wildman–Crippen MR) is 322 cm³/mol. The number of hydrogen-bond donors (Lipinski definition) is 0. The van der Waals surface area contributed by atoms with E-state index in [4.69, 9.17) is 0 Å². The highest BCUT2D eigenvalue weighted by atomic mass is 15.2. The number of hydrogen-bond acceptors (Lipinski definition) is 2. The summed E-state index contributed by atoms with van der Waals surface area (Å²) >= 11 is 0.